The number of aliphatic hydroxyl groups is 1. The number of benzene rings is 4. The van der Waals surface area contributed by atoms with Crippen LogP contribution in [0.2, 0.25) is 10.0 Å². The molecule has 0 saturated heterocycles. The number of rotatable bonds is 14. The van der Waals surface area contributed by atoms with Gasteiger partial charge < -0.3 is 14.6 Å². The van der Waals surface area contributed by atoms with Crippen LogP contribution in [0.5, 0.6) is 5.75 Å². The van der Waals surface area contributed by atoms with Crippen molar-refractivity contribution in [3.63, 3.8) is 0 Å². The van der Waals surface area contributed by atoms with Gasteiger partial charge in [0, 0.05) is 62.2 Å². The van der Waals surface area contributed by atoms with Crippen molar-refractivity contribution in [3.05, 3.63) is 138 Å². The maximum absolute atomic E-state index is 14.5. The first-order chi connectivity index (χ1) is 22.8. The fourth-order valence-corrected chi connectivity index (χ4v) is 6.14. The Morgan fingerprint density at radius 2 is 1.83 bits per heavy atom. The van der Waals surface area contributed by atoms with Crippen molar-refractivity contribution in [3.8, 4) is 5.75 Å². The van der Waals surface area contributed by atoms with Gasteiger partial charge in [-0.3, -0.25) is 10.2 Å². The van der Waals surface area contributed by atoms with Crippen LogP contribution in [0.3, 0.4) is 0 Å². The number of halogens is 3. The number of nitrogens with one attached hydrogen (secondary N) is 2. The van der Waals surface area contributed by atoms with Crippen molar-refractivity contribution in [2.24, 2.45) is 10.1 Å². The molecule has 1 aliphatic rings. The number of aliphatic imine (C=N–C) groups is 1. The van der Waals surface area contributed by atoms with E-state index in [-0.39, 0.29) is 18.9 Å². The zero-order chi connectivity index (χ0) is 33.2. The number of carbonyl (C=O) groups is 1. The van der Waals surface area contributed by atoms with E-state index in [9.17, 15) is 10.3 Å². The van der Waals surface area contributed by atoms with Crippen LogP contribution in [0.25, 0.3) is 10.4 Å². The lowest BCUT2D eigenvalue weighted by atomic mass is 9.81. The van der Waals surface area contributed by atoms with E-state index in [0.717, 1.165) is 15.6 Å². The Kier molecular flexibility index (Phi) is 11.8. The quantitative estimate of drug-likeness (QED) is 0.0398. The smallest absolute Gasteiger partial charge is 0.266 e. The van der Waals surface area contributed by atoms with E-state index in [1.54, 1.807) is 60.7 Å². The average molecular weight is 738 g/mol. The second kappa shape index (κ2) is 16.1. The second-order valence-electron chi connectivity index (χ2n) is 10.7. The maximum atomic E-state index is 14.5. The summed E-state index contributed by atoms with van der Waals surface area (Å²) in [5.74, 6) is 0.409. The largest absolute Gasteiger partial charge is 0.494 e. The highest BCUT2D eigenvalue weighted by Gasteiger charge is 2.54. The summed E-state index contributed by atoms with van der Waals surface area (Å²) in [5.41, 5.74) is 16.8. The highest BCUT2D eigenvalue weighted by molar-refractivity contribution is 9.10. The summed E-state index contributed by atoms with van der Waals surface area (Å²) in [6.07, 6.45) is 0.205. The molecule has 0 aliphatic carbocycles. The Morgan fingerprint density at radius 3 is 2.57 bits per heavy atom. The zero-order valence-corrected chi connectivity index (χ0v) is 28.2. The Bertz CT molecular complexity index is 1800. The molecule has 10 nitrogen and oxygen atoms in total. The highest BCUT2D eigenvalue weighted by Crippen LogP contribution is 2.46. The first kappa shape index (κ1) is 34.3. The van der Waals surface area contributed by atoms with Crippen LogP contribution in [0.1, 0.15) is 34.8 Å². The van der Waals surface area contributed by atoms with Crippen LogP contribution in [0.4, 0.5) is 5.69 Å². The van der Waals surface area contributed by atoms with Crippen molar-refractivity contribution < 1.29 is 19.4 Å². The van der Waals surface area contributed by atoms with Crippen LogP contribution < -0.4 is 15.6 Å². The fourth-order valence-electron chi connectivity index (χ4n) is 5.21. The number of azide groups is 1. The molecule has 0 saturated carbocycles. The minimum absolute atomic E-state index is 0.0346. The first-order valence-corrected chi connectivity index (χ1v) is 16.3. The lowest BCUT2D eigenvalue weighted by Gasteiger charge is -2.31. The molecule has 5 rings (SSSR count). The summed E-state index contributed by atoms with van der Waals surface area (Å²) in [6.45, 7) is 0.776. The van der Waals surface area contributed by atoms with Crippen LogP contribution >= 0.6 is 39.1 Å². The van der Waals surface area contributed by atoms with E-state index >= 15 is 0 Å². The van der Waals surface area contributed by atoms with Crippen LogP contribution in [0, 0.1) is 0 Å². The van der Waals surface area contributed by atoms with Gasteiger partial charge in [-0.1, -0.05) is 92.8 Å². The van der Waals surface area contributed by atoms with Gasteiger partial charge in [0.1, 0.15) is 5.75 Å². The number of amides is 1. The van der Waals surface area contributed by atoms with Crippen molar-refractivity contribution in [1.29, 1.82) is 0 Å². The maximum Gasteiger partial charge on any atom is 0.266 e. The fraction of sp³-hybridized carbons (Fsp3) is 0.235. The lowest BCUT2D eigenvalue weighted by molar-refractivity contribution is -0.130. The molecule has 13 heteroatoms. The van der Waals surface area contributed by atoms with E-state index in [1.807, 2.05) is 30.3 Å². The third-order valence-corrected chi connectivity index (χ3v) is 8.92. The standard InChI is InChI=1S/C34H31BrCl2N6O4/c35-28-8-3-1-6-24(28)21-34(33(45)42-39-17-16-22-10-13-25(36)20-29(22)37)31(27-7-2-4-9-30(27)41-43-38)47-32(40-34)23-11-14-26(15-12-23)46-19-5-18-44/h1-4,6-15,20,31,39,44H,5,16-19,21H2,(H,42,45)/t31-,34-/m0/s1. The van der Waals surface area contributed by atoms with Gasteiger partial charge in [-0.2, -0.15) is 0 Å². The molecule has 2 atom stereocenters. The van der Waals surface area contributed by atoms with E-state index in [4.69, 9.17) is 42.8 Å². The number of hydrogen-bond donors (Lipinski definition) is 3. The van der Waals surface area contributed by atoms with Crippen LogP contribution in [-0.4, -0.2) is 42.2 Å². The molecule has 4 aromatic rings. The molecule has 0 aromatic heterocycles. The van der Waals surface area contributed by atoms with Gasteiger partial charge in [-0.15, -0.1) is 0 Å². The number of ether oxygens (including phenoxy) is 2. The van der Waals surface area contributed by atoms with Gasteiger partial charge in [0.2, 0.25) is 5.90 Å². The molecular formula is C34H31BrCl2N6O4. The molecule has 0 fully saturated rings. The average Bonchev–Trinajstić information content (AvgIpc) is 3.46. The van der Waals surface area contributed by atoms with E-state index < -0.39 is 17.6 Å². The van der Waals surface area contributed by atoms with Crippen LogP contribution in [0.15, 0.2) is 106 Å². The normalized spacial score (nSPS) is 16.9. The van der Waals surface area contributed by atoms with E-state index in [2.05, 4.69) is 36.8 Å². The van der Waals surface area contributed by atoms with E-state index in [1.165, 1.54) is 0 Å². The summed E-state index contributed by atoms with van der Waals surface area (Å²) < 4.78 is 13.1. The topological polar surface area (TPSA) is 141 Å². The van der Waals surface area contributed by atoms with Crippen molar-refractivity contribution >= 4 is 56.6 Å². The Morgan fingerprint density at radius 1 is 1.06 bits per heavy atom. The number of nitrogens with zero attached hydrogens (tertiary/aromatic N) is 4. The predicted octanol–water partition coefficient (Wildman–Crippen LogP) is 7.82. The van der Waals surface area contributed by atoms with Crippen molar-refractivity contribution in [2.45, 2.75) is 30.9 Å². The summed E-state index contributed by atoms with van der Waals surface area (Å²) in [4.78, 5) is 22.5. The molecule has 0 radical (unpaired) electrons. The molecule has 1 aliphatic heterocycles. The van der Waals surface area contributed by atoms with Gasteiger partial charge in [0.15, 0.2) is 11.6 Å². The van der Waals surface area contributed by atoms with Crippen molar-refractivity contribution in [1.82, 2.24) is 10.9 Å². The number of hydrogen-bond acceptors (Lipinski definition) is 7. The van der Waals surface area contributed by atoms with Gasteiger partial charge in [0.05, 0.1) is 6.61 Å². The summed E-state index contributed by atoms with van der Waals surface area (Å²) >= 11 is 16.0. The molecule has 1 heterocycles. The Balaban J connectivity index is 1.53. The number of hydrazine groups is 1. The van der Waals surface area contributed by atoms with Gasteiger partial charge >= 0.3 is 0 Å². The third kappa shape index (κ3) is 8.26. The van der Waals surface area contributed by atoms with Crippen molar-refractivity contribution in [2.75, 3.05) is 19.8 Å². The number of aliphatic hydroxyl groups excluding tert-OH is 1. The van der Waals surface area contributed by atoms with Gasteiger partial charge in [-0.25, -0.2) is 10.4 Å². The molecular weight excluding hydrogens is 707 g/mol. The molecule has 3 N–H and O–H groups in total. The molecule has 0 bridgehead atoms. The molecule has 4 aromatic carbocycles. The zero-order valence-electron chi connectivity index (χ0n) is 25.1. The molecule has 0 spiro atoms. The summed E-state index contributed by atoms with van der Waals surface area (Å²) in [7, 11) is 0. The number of carbonyl (C=O) groups excluding carboxylic acids is 1. The van der Waals surface area contributed by atoms with Crippen LogP contribution in [-0.2, 0) is 22.4 Å². The third-order valence-electron chi connectivity index (χ3n) is 7.56. The first-order valence-electron chi connectivity index (χ1n) is 14.8. The Hall–Kier alpha value is -4.09. The van der Waals surface area contributed by atoms with Gasteiger partial charge in [-0.05, 0) is 65.5 Å². The summed E-state index contributed by atoms with van der Waals surface area (Å²) in [6, 6.07) is 27.0. The summed E-state index contributed by atoms with van der Waals surface area (Å²) in [5, 5.41) is 14.1. The SMILES string of the molecule is [N-]=[N+]=Nc1ccccc1[C@@H]1OC(c2ccc(OCCCO)cc2)=N[C@]1(Cc1ccccc1Br)C(=O)NNCCc1ccc(Cl)cc1Cl. The van der Waals surface area contributed by atoms with E-state index in [0.29, 0.717) is 58.6 Å². The highest BCUT2D eigenvalue weighted by atomic mass is 79.9. The minimum Gasteiger partial charge on any atom is -0.494 e. The Labute approximate surface area is 290 Å². The molecule has 242 valence electrons. The second-order valence-corrected chi connectivity index (χ2v) is 12.4. The lowest BCUT2D eigenvalue weighted by Crippen LogP contribution is -2.54. The molecule has 1 amide bonds. The molecule has 0 unspecified atom stereocenters. The molecule has 47 heavy (non-hydrogen) atoms. The monoisotopic (exact) mass is 736 g/mol. The minimum atomic E-state index is -1.54. The predicted molar refractivity (Wildman–Crippen MR) is 186 cm³/mol. The van der Waals surface area contributed by atoms with Gasteiger partial charge in [0.25, 0.3) is 5.91 Å².